The summed E-state index contributed by atoms with van der Waals surface area (Å²) in [5, 5.41) is 14.4. The molecule has 0 atom stereocenters. The van der Waals surface area contributed by atoms with Crippen molar-refractivity contribution in [3.63, 3.8) is 0 Å². The highest BCUT2D eigenvalue weighted by atomic mass is 79.9. The first-order valence-electron chi connectivity index (χ1n) is 6.73. The SMILES string of the molecule is O=[N+]([O-])C(=C(Nc1ccc(Br)cc1)Sc1ccccc1)C(Cl)=C(Cl)Cl. The number of nitrogens with zero attached hydrogens (tertiary/aromatic N) is 1. The third kappa shape index (κ3) is 5.94. The van der Waals surface area contributed by atoms with E-state index in [1.807, 2.05) is 42.5 Å². The molecule has 1 N–H and O–H groups in total. The Morgan fingerprint density at radius 1 is 1.04 bits per heavy atom. The number of rotatable bonds is 6. The van der Waals surface area contributed by atoms with Gasteiger partial charge in [0.15, 0.2) is 10.1 Å². The Morgan fingerprint density at radius 3 is 2.16 bits per heavy atom. The van der Waals surface area contributed by atoms with Crippen molar-refractivity contribution in [3.8, 4) is 0 Å². The molecule has 0 fully saturated rings. The fourth-order valence-corrected chi connectivity index (χ4v) is 3.39. The molecule has 0 aliphatic heterocycles. The predicted molar refractivity (Wildman–Crippen MR) is 109 cm³/mol. The van der Waals surface area contributed by atoms with Crippen molar-refractivity contribution in [1.82, 2.24) is 0 Å². The van der Waals surface area contributed by atoms with Crippen molar-refractivity contribution in [2.24, 2.45) is 0 Å². The number of allylic oxidation sites excluding steroid dienone is 1. The maximum absolute atomic E-state index is 11.6. The van der Waals surface area contributed by atoms with Gasteiger partial charge in [-0.05, 0) is 36.4 Å². The lowest BCUT2D eigenvalue weighted by Crippen LogP contribution is -2.09. The fraction of sp³-hybridized carbons (Fsp3) is 0. The van der Waals surface area contributed by atoms with Crippen molar-refractivity contribution < 1.29 is 4.92 Å². The number of hydrogen-bond acceptors (Lipinski definition) is 4. The molecule has 2 aromatic rings. The average molecular weight is 481 g/mol. The van der Waals surface area contributed by atoms with Crippen molar-refractivity contribution in [2.75, 3.05) is 5.32 Å². The summed E-state index contributed by atoms with van der Waals surface area (Å²) in [6, 6.07) is 16.3. The number of hydrogen-bond donors (Lipinski definition) is 1. The van der Waals surface area contributed by atoms with E-state index in [1.54, 1.807) is 12.1 Å². The van der Waals surface area contributed by atoms with Gasteiger partial charge in [0, 0.05) is 15.1 Å². The van der Waals surface area contributed by atoms with E-state index in [9.17, 15) is 10.1 Å². The zero-order chi connectivity index (χ0) is 18.4. The van der Waals surface area contributed by atoms with E-state index in [-0.39, 0.29) is 14.6 Å². The number of anilines is 1. The minimum absolute atomic E-state index is 0.197. The number of nitro groups is 1. The number of nitrogens with one attached hydrogen (secondary N) is 1. The average Bonchev–Trinajstić information content (AvgIpc) is 2.57. The van der Waals surface area contributed by atoms with Crippen LogP contribution >= 0.6 is 62.5 Å². The van der Waals surface area contributed by atoms with Gasteiger partial charge in [-0.3, -0.25) is 10.1 Å². The van der Waals surface area contributed by atoms with Gasteiger partial charge in [-0.2, -0.15) is 0 Å². The van der Waals surface area contributed by atoms with E-state index in [2.05, 4.69) is 21.2 Å². The number of benzene rings is 2. The molecule has 0 unspecified atom stereocenters. The highest BCUT2D eigenvalue weighted by Gasteiger charge is 2.26. The van der Waals surface area contributed by atoms with Crippen LogP contribution in [0.1, 0.15) is 0 Å². The first kappa shape index (κ1) is 20.1. The third-order valence-electron chi connectivity index (χ3n) is 2.84. The molecule has 0 bridgehead atoms. The standard InChI is InChI=1S/C16H10BrCl3N2O2S/c17-10-6-8-11(9-7-10)21-16(25-12-4-2-1-3-5-12)14(22(23)24)13(18)15(19)20/h1-9,21H. The second kappa shape index (κ2) is 9.50. The molecule has 0 amide bonds. The predicted octanol–water partition coefficient (Wildman–Crippen LogP) is 6.98. The molecule has 4 nitrogen and oxygen atoms in total. The quantitative estimate of drug-likeness (QED) is 0.210. The van der Waals surface area contributed by atoms with E-state index in [0.29, 0.717) is 5.69 Å². The second-order valence-electron chi connectivity index (χ2n) is 4.56. The topological polar surface area (TPSA) is 55.2 Å². The Balaban J connectivity index is 2.52. The summed E-state index contributed by atoms with van der Waals surface area (Å²) in [5.41, 5.74) is 0.245. The lowest BCUT2D eigenvalue weighted by Gasteiger charge is -2.12. The second-order valence-corrected chi connectivity index (χ2v) is 7.88. The maximum Gasteiger partial charge on any atom is 0.320 e. The largest absolute Gasteiger partial charge is 0.344 e. The van der Waals surface area contributed by atoms with Crippen LogP contribution in [0.15, 0.2) is 84.2 Å². The minimum Gasteiger partial charge on any atom is -0.344 e. The normalized spacial score (nSPS) is 11.5. The van der Waals surface area contributed by atoms with Crippen LogP contribution in [0.5, 0.6) is 0 Å². The Hall–Kier alpha value is -1.18. The van der Waals surface area contributed by atoms with Crippen LogP contribution < -0.4 is 5.32 Å². The van der Waals surface area contributed by atoms with Gasteiger partial charge in [-0.25, -0.2) is 0 Å². The molecule has 0 saturated carbocycles. The molecule has 2 rings (SSSR count). The molecule has 0 spiro atoms. The van der Waals surface area contributed by atoms with Gasteiger partial charge in [0.1, 0.15) is 4.49 Å². The molecule has 9 heteroatoms. The Morgan fingerprint density at radius 2 is 1.64 bits per heavy atom. The van der Waals surface area contributed by atoms with Crippen molar-refractivity contribution in [2.45, 2.75) is 4.90 Å². The van der Waals surface area contributed by atoms with Crippen LogP contribution in [0.3, 0.4) is 0 Å². The summed E-state index contributed by atoms with van der Waals surface area (Å²) in [5.74, 6) is 0. The van der Waals surface area contributed by atoms with Crippen LogP contribution in [0.4, 0.5) is 5.69 Å². The van der Waals surface area contributed by atoms with Gasteiger partial charge in [0.25, 0.3) is 0 Å². The van der Waals surface area contributed by atoms with Crippen LogP contribution in [0.25, 0.3) is 0 Å². The van der Waals surface area contributed by atoms with Crippen LogP contribution in [0, 0.1) is 10.1 Å². The number of thioether (sulfide) groups is 1. The van der Waals surface area contributed by atoms with E-state index in [0.717, 1.165) is 21.1 Å². The van der Waals surface area contributed by atoms with E-state index >= 15 is 0 Å². The summed E-state index contributed by atoms with van der Waals surface area (Å²) in [6.07, 6.45) is 0. The molecule has 2 aromatic carbocycles. The van der Waals surface area contributed by atoms with Crippen LogP contribution in [0.2, 0.25) is 0 Å². The first-order chi connectivity index (χ1) is 11.9. The molecule has 0 aliphatic carbocycles. The molecule has 0 aliphatic rings. The third-order valence-corrected chi connectivity index (χ3v) is 5.31. The Labute approximate surface area is 172 Å². The van der Waals surface area contributed by atoms with Crippen LogP contribution in [-0.4, -0.2) is 4.92 Å². The number of halogens is 4. The minimum atomic E-state index is -0.621. The van der Waals surface area contributed by atoms with Crippen molar-refractivity contribution in [1.29, 1.82) is 0 Å². The zero-order valence-corrected chi connectivity index (χ0v) is 17.1. The summed E-state index contributed by atoms with van der Waals surface area (Å²) in [6.45, 7) is 0. The highest BCUT2D eigenvalue weighted by molar-refractivity contribution is 9.10. The smallest absolute Gasteiger partial charge is 0.320 e. The Bertz CT molecular complexity index is 823. The van der Waals surface area contributed by atoms with Crippen LogP contribution in [-0.2, 0) is 0 Å². The Kier molecular flexibility index (Phi) is 7.65. The van der Waals surface area contributed by atoms with Gasteiger partial charge in [-0.1, -0.05) is 80.7 Å². The summed E-state index contributed by atoms with van der Waals surface area (Å²) in [4.78, 5) is 11.7. The van der Waals surface area contributed by atoms with E-state index < -0.39 is 10.6 Å². The molecule has 130 valence electrons. The molecule has 0 heterocycles. The summed E-state index contributed by atoms with van der Waals surface area (Å²) >= 11 is 21.8. The first-order valence-corrected chi connectivity index (χ1v) is 9.48. The lowest BCUT2D eigenvalue weighted by molar-refractivity contribution is -0.420. The van der Waals surface area contributed by atoms with Gasteiger partial charge < -0.3 is 5.32 Å². The molecular weight excluding hydrogens is 471 g/mol. The maximum atomic E-state index is 11.6. The highest BCUT2D eigenvalue weighted by Crippen LogP contribution is 2.36. The van der Waals surface area contributed by atoms with Crippen molar-refractivity contribution >= 4 is 68.2 Å². The summed E-state index contributed by atoms with van der Waals surface area (Å²) in [7, 11) is 0. The molecule has 0 saturated heterocycles. The molecule has 0 aromatic heterocycles. The zero-order valence-electron chi connectivity index (χ0n) is 12.4. The van der Waals surface area contributed by atoms with E-state index in [1.165, 1.54) is 0 Å². The van der Waals surface area contributed by atoms with Gasteiger partial charge in [0.2, 0.25) is 0 Å². The van der Waals surface area contributed by atoms with Crippen molar-refractivity contribution in [3.05, 3.63) is 89.4 Å². The molecule has 25 heavy (non-hydrogen) atoms. The fourth-order valence-electron chi connectivity index (χ4n) is 1.76. The van der Waals surface area contributed by atoms with Gasteiger partial charge in [0.05, 0.1) is 4.92 Å². The monoisotopic (exact) mass is 478 g/mol. The summed E-state index contributed by atoms with van der Waals surface area (Å²) < 4.78 is 0.507. The van der Waals surface area contributed by atoms with E-state index in [4.69, 9.17) is 34.8 Å². The van der Waals surface area contributed by atoms with Gasteiger partial charge in [-0.15, -0.1) is 0 Å². The van der Waals surface area contributed by atoms with Gasteiger partial charge >= 0.3 is 5.70 Å². The lowest BCUT2D eigenvalue weighted by atomic mass is 10.3. The molecule has 0 radical (unpaired) electrons. The molecular formula is C16H10BrCl3N2O2S.